The highest BCUT2D eigenvalue weighted by Gasteiger charge is 2.35. The largest absolute Gasteiger partial charge is 0.479 e. The maximum Gasteiger partial charge on any atom is 0.332 e. The minimum absolute atomic E-state index is 0.0772. The fourth-order valence-corrected chi connectivity index (χ4v) is 2.53. The van der Waals surface area contributed by atoms with Gasteiger partial charge in [0.05, 0.1) is 6.10 Å². The summed E-state index contributed by atoms with van der Waals surface area (Å²) in [6.07, 6.45) is 2.03. The van der Waals surface area contributed by atoms with E-state index in [-0.39, 0.29) is 18.1 Å². The first-order valence-electron chi connectivity index (χ1n) is 6.43. The Bertz CT molecular complexity index is 324. The number of hydrogen-bond acceptors (Lipinski definition) is 4. The second kappa shape index (κ2) is 5.67. The van der Waals surface area contributed by atoms with Gasteiger partial charge in [-0.05, 0) is 38.5 Å². The van der Waals surface area contributed by atoms with E-state index in [2.05, 4.69) is 5.32 Å². The number of ether oxygens (including phenoxy) is 1. The van der Waals surface area contributed by atoms with E-state index in [1.54, 1.807) is 0 Å². The zero-order valence-corrected chi connectivity index (χ0v) is 10.2. The predicted molar refractivity (Wildman–Crippen MR) is 61.9 cm³/mol. The highest BCUT2D eigenvalue weighted by molar-refractivity contribution is 5.82. The van der Waals surface area contributed by atoms with Crippen LogP contribution in [0.3, 0.4) is 0 Å². The Labute approximate surface area is 105 Å². The van der Waals surface area contributed by atoms with Crippen molar-refractivity contribution in [2.24, 2.45) is 0 Å². The van der Waals surface area contributed by atoms with Gasteiger partial charge in [0.25, 0.3) is 0 Å². The number of rotatable bonds is 3. The molecule has 1 saturated heterocycles. The molecule has 2 atom stereocenters. The highest BCUT2D eigenvalue weighted by Crippen LogP contribution is 2.22. The van der Waals surface area contributed by atoms with Gasteiger partial charge in [-0.1, -0.05) is 0 Å². The van der Waals surface area contributed by atoms with E-state index >= 15 is 0 Å². The Balaban J connectivity index is 1.77. The molecule has 1 aliphatic heterocycles. The number of amides is 1. The molecule has 2 aliphatic rings. The average molecular weight is 257 g/mol. The zero-order chi connectivity index (χ0) is 13.1. The molecular formula is C12H19NO5. The van der Waals surface area contributed by atoms with Gasteiger partial charge in [0, 0.05) is 6.04 Å². The Hall–Kier alpha value is -1.14. The molecule has 0 aromatic carbocycles. The third-order valence-electron chi connectivity index (χ3n) is 3.63. The summed E-state index contributed by atoms with van der Waals surface area (Å²) in [6, 6.07) is 0.0772. The minimum atomic E-state index is -1.01. The Morgan fingerprint density at radius 1 is 1.00 bits per heavy atom. The van der Waals surface area contributed by atoms with Gasteiger partial charge in [0.15, 0.2) is 6.10 Å². The fourth-order valence-electron chi connectivity index (χ4n) is 2.53. The Morgan fingerprint density at radius 2 is 1.61 bits per heavy atom. The maximum atomic E-state index is 11.9. The lowest BCUT2D eigenvalue weighted by Gasteiger charge is -2.27. The quantitative estimate of drug-likeness (QED) is 0.663. The van der Waals surface area contributed by atoms with Crippen LogP contribution in [0.1, 0.15) is 38.5 Å². The number of aliphatic carboxylic acids is 1. The number of carbonyl (C=O) groups excluding carboxylic acids is 1. The van der Waals surface area contributed by atoms with Gasteiger partial charge in [0.1, 0.15) is 6.10 Å². The molecule has 18 heavy (non-hydrogen) atoms. The maximum absolute atomic E-state index is 11.9. The van der Waals surface area contributed by atoms with Crippen molar-refractivity contribution < 1.29 is 24.5 Å². The monoisotopic (exact) mass is 257 g/mol. The molecule has 102 valence electrons. The van der Waals surface area contributed by atoms with Crippen molar-refractivity contribution >= 4 is 11.9 Å². The standard InChI is InChI=1S/C12H19NO5/c14-8-3-1-7(2-4-8)13-11(15)9-5-6-10(18-9)12(16)17/h7-10,14H,1-6H2,(H,13,15)(H,16,17)/t7?,8?,9-,10+/m0/s1. The number of hydrogen-bond donors (Lipinski definition) is 3. The summed E-state index contributed by atoms with van der Waals surface area (Å²) in [4.78, 5) is 22.6. The Kier molecular flexibility index (Phi) is 4.19. The second-order valence-corrected chi connectivity index (χ2v) is 5.04. The summed E-state index contributed by atoms with van der Waals surface area (Å²) >= 11 is 0. The summed E-state index contributed by atoms with van der Waals surface area (Å²) in [5.74, 6) is -1.23. The van der Waals surface area contributed by atoms with E-state index in [0.29, 0.717) is 25.7 Å². The van der Waals surface area contributed by atoms with Crippen molar-refractivity contribution in [3.63, 3.8) is 0 Å². The molecule has 1 saturated carbocycles. The van der Waals surface area contributed by atoms with Crippen LogP contribution in [0, 0.1) is 0 Å². The van der Waals surface area contributed by atoms with Crippen LogP contribution < -0.4 is 5.32 Å². The van der Waals surface area contributed by atoms with E-state index in [0.717, 1.165) is 12.8 Å². The first-order valence-corrected chi connectivity index (χ1v) is 6.43. The Morgan fingerprint density at radius 3 is 2.17 bits per heavy atom. The van der Waals surface area contributed by atoms with E-state index in [9.17, 15) is 14.7 Å². The SMILES string of the molecule is O=C(NC1CCC(O)CC1)[C@@H]1CC[C@H](C(=O)O)O1. The van der Waals surface area contributed by atoms with Crippen molar-refractivity contribution in [2.45, 2.75) is 62.9 Å². The lowest BCUT2D eigenvalue weighted by molar-refractivity contribution is -0.152. The molecule has 3 N–H and O–H groups in total. The van der Waals surface area contributed by atoms with E-state index in [4.69, 9.17) is 9.84 Å². The van der Waals surface area contributed by atoms with Crippen molar-refractivity contribution in [3.8, 4) is 0 Å². The van der Waals surface area contributed by atoms with Crippen molar-refractivity contribution in [1.82, 2.24) is 5.32 Å². The van der Waals surface area contributed by atoms with E-state index in [1.165, 1.54) is 0 Å². The van der Waals surface area contributed by atoms with Crippen molar-refractivity contribution in [2.75, 3.05) is 0 Å². The van der Waals surface area contributed by atoms with E-state index < -0.39 is 18.2 Å². The van der Waals surface area contributed by atoms with Gasteiger partial charge in [-0.3, -0.25) is 4.79 Å². The fraction of sp³-hybridized carbons (Fsp3) is 0.833. The number of nitrogens with one attached hydrogen (secondary N) is 1. The molecule has 2 rings (SSSR count). The first-order chi connectivity index (χ1) is 8.56. The topological polar surface area (TPSA) is 95.9 Å². The number of carboxylic acids is 1. The molecule has 1 aliphatic carbocycles. The third kappa shape index (κ3) is 3.20. The van der Waals surface area contributed by atoms with Gasteiger partial charge >= 0.3 is 5.97 Å². The van der Waals surface area contributed by atoms with Crippen LogP contribution in [0.25, 0.3) is 0 Å². The van der Waals surface area contributed by atoms with Crippen LogP contribution in [0.4, 0.5) is 0 Å². The second-order valence-electron chi connectivity index (χ2n) is 5.04. The number of carbonyl (C=O) groups is 2. The highest BCUT2D eigenvalue weighted by atomic mass is 16.5. The molecule has 2 fully saturated rings. The molecule has 0 spiro atoms. The van der Waals surface area contributed by atoms with Crippen LogP contribution in [0.5, 0.6) is 0 Å². The average Bonchev–Trinajstić information content (AvgIpc) is 2.81. The molecule has 0 radical (unpaired) electrons. The summed E-state index contributed by atoms with van der Waals surface area (Å²) in [5, 5.41) is 21.0. The van der Waals surface area contributed by atoms with Gasteiger partial charge in [-0.2, -0.15) is 0 Å². The summed E-state index contributed by atoms with van der Waals surface area (Å²) < 4.78 is 5.19. The molecule has 0 aromatic heterocycles. The summed E-state index contributed by atoms with van der Waals surface area (Å²) in [6.45, 7) is 0. The minimum Gasteiger partial charge on any atom is -0.479 e. The molecule has 1 amide bonds. The normalized spacial score (nSPS) is 36.3. The van der Waals surface area contributed by atoms with Gasteiger partial charge in [-0.15, -0.1) is 0 Å². The molecule has 6 heteroatoms. The third-order valence-corrected chi connectivity index (χ3v) is 3.63. The molecule has 6 nitrogen and oxygen atoms in total. The van der Waals surface area contributed by atoms with Crippen molar-refractivity contribution in [3.05, 3.63) is 0 Å². The predicted octanol–water partition coefficient (Wildman–Crippen LogP) is 0.0383. The molecule has 0 unspecified atom stereocenters. The molecule has 0 bridgehead atoms. The van der Waals surface area contributed by atoms with Crippen LogP contribution in [-0.4, -0.2) is 46.4 Å². The number of aliphatic hydroxyl groups excluding tert-OH is 1. The molecular weight excluding hydrogens is 238 g/mol. The number of carboxylic acid groups (broad SMARTS) is 1. The lowest BCUT2D eigenvalue weighted by Crippen LogP contribution is -2.43. The van der Waals surface area contributed by atoms with Gasteiger partial charge < -0.3 is 20.3 Å². The lowest BCUT2D eigenvalue weighted by atomic mass is 9.93. The van der Waals surface area contributed by atoms with Crippen LogP contribution in [-0.2, 0) is 14.3 Å². The van der Waals surface area contributed by atoms with Gasteiger partial charge in [0.2, 0.25) is 5.91 Å². The number of aliphatic hydroxyl groups is 1. The van der Waals surface area contributed by atoms with Gasteiger partial charge in [-0.25, -0.2) is 4.79 Å². The smallest absolute Gasteiger partial charge is 0.332 e. The van der Waals surface area contributed by atoms with E-state index in [1.807, 2.05) is 0 Å². The van der Waals surface area contributed by atoms with Crippen LogP contribution in [0.15, 0.2) is 0 Å². The molecule has 1 heterocycles. The summed E-state index contributed by atoms with van der Waals surface area (Å²) in [5.41, 5.74) is 0. The van der Waals surface area contributed by atoms with Crippen LogP contribution >= 0.6 is 0 Å². The first kappa shape index (κ1) is 13.3. The van der Waals surface area contributed by atoms with Crippen LogP contribution in [0.2, 0.25) is 0 Å². The summed E-state index contributed by atoms with van der Waals surface area (Å²) in [7, 11) is 0. The van der Waals surface area contributed by atoms with Crippen molar-refractivity contribution in [1.29, 1.82) is 0 Å². The molecule has 0 aromatic rings. The zero-order valence-electron chi connectivity index (χ0n) is 10.2.